The highest BCUT2D eigenvalue weighted by Gasteiger charge is 2.17. The Kier molecular flexibility index (Phi) is 5.24. The van der Waals surface area contributed by atoms with Crippen LogP contribution in [0.4, 0.5) is 4.39 Å². The number of rotatable bonds is 6. The lowest BCUT2D eigenvalue weighted by Crippen LogP contribution is -1.99. The molecule has 0 bridgehead atoms. The zero-order valence-corrected chi connectivity index (χ0v) is 16.5. The average molecular weight is 422 g/mol. The monoisotopic (exact) mass is 421 g/mol. The fourth-order valence-corrected chi connectivity index (χ4v) is 4.22. The van der Waals surface area contributed by atoms with Crippen molar-refractivity contribution in [3.05, 3.63) is 52.4 Å². The number of thioether (sulfide) groups is 1. The van der Waals surface area contributed by atoms with Gasteiger partial charge in [-0.2, -0.15) is 4.98 Å². The van der Waals surface area contributed by atoms with Gasteiger partial charge in [0.1, 0.15) is 5.82 Å². The molecule has 6 nitrogen and oxygen atoms in total. The predicted molar refractivity (Wildman–Crippen MR) is 103 cm³/mol. The molecule has 0 atom stereocenters. The Balaban J connectivity index is 1.52. The first-order chi connectivity index (χ1) is 13.2. The van der Waals surface area contributed by atoms with Gasteiger partial charge in [0.25, 0.3) is 5.89 Å². The van der Waals surface area contributed by atoms with Crippen molar-refractivity contribution in [3.8, 4) is 22.2 Å². The maximum Gasteiger partial charge on any atom is 0.260 e. The third kappa shape index (κ3) is 3.76. The van der Waals surface area contributed by atoms with Gasteiger partial charge in [0.2, 0.25) is 0 Å². The first kappa shape index (κ1) is 18.1. The van der Waals surface area contributed by atoms with Crippen molar-refractivity contribution in [2.45, 2.75) is 24.4 Å². The summed E-state index contributed by atoms with van der Waals surface area (Å²) in [5, 5.41) is 15.6. The van der Waals surface area contributed by atoms with Crippen LogP contribution in [0.3, 0.4) is 0 Å². The third-order valence-electron chi connectivity index (χ3n) is 3.73. The number of aromatic nitrogens is 5. The van der Waals surface area contributed by atoms with Crippen LogP contribution in [0.5, 0.6) is 0 Å². The molecule has 0 radical (unpaired) electrons. The minimum atomic E-state index is -0.464. The van der Waals surface area contributed by atoms with E-state index in [0.717, 1.165) is 22.4 Å². The average Bonchev–Trinajstić information content (AvgIpc) is 3.41. The van der Waals surface area contributed by atoms with Crippen LogP contribution in [0.25, 0.3) is 22.2 Å². The molecule has 0 aliphatic heterocycles. The van der Waals surface area contributed by atoms with Crippen LogP contribution < -0.4 is 0 Å². The van der Waals surface area contributed by atoms with Crippen LogP contribution in [0.15, 0.2) is 45.4 Å². The lowest BCUT2D eigenvalue weighted by Gasteiger charge is -2.04. The summed E-state index contributed by atoms with van der Waals surface area (Å²) in [4.78, 5) is 5.32. The largest absolute Gasteiger partial charge is 0.334 e. The summed E-state index contributed by atoms with van der Waals surface area (Å²) in [7, 11) is 0. The van der Waals surface area contributed by atoms with E-state index < -0.39 is 5.82 Å². The molecule has 0 spiro atoms. The maximum absolute atomic E-state index is 13.9. The molecule has 10 heteroatoms. The first-order valence-electron chi connectivity index (χ1n) is 8.03. The zero-order chi connectivity index (χ0) is 18.8. The van der Waals surface area contributed by atoms with Gasteiger partial charge in [-0.1, -0.05) is 34.6 Å². The summed E-state index contributed by atoms with van der Waals surface area (Å²) in [6, 6.07) is 8.20. The van der Waals surface area contributed by atoms with E-state index in [0.29, 0.717) is 16.6 Å². The highest BCUT2D eigenvalue weighted by atomic mass is 35.5. The van der Waals surface area contributed by atoms with Gasteiger partial charge < -0.3 is 9.09 Å². The Hall–Kier alpha value is -2.23. The van der Waals surface area contributed by atoms with Crippen molar-refractivity contribution in [1.82, 2.24) is 24.9 Å². The number of thiophene rings is 1. The van der Waals surface area contributed by atoms with E-state index in [1.54, 1.807) is 11.3 Å². The normalized spacial score (nSPS) is 11.2. The number of hydrogen-bond donors (Lipinski definition) is 0. The van der Waals surface area contributed by atoms with Crippen LogP contribution in [0.1, 0.15) is 12.7 Å². The zero-order valence-electron chi connectivity index (χ0n) is 14.1. The quantitative estimate of drug-likeness (QED) is 0.400. The van der Waals surface area contributed by atoms with E-state index in [9.17, 15) is 4.39 Å². The highest BCUT2D eigenvalue weighted by Crippen LogP contribution is 2.29. The Morgan fingerprint density at radius 1 is 1.30 bits per heavy atom. The van der Waals surface area contributed by atoms with Crippen molar-refractivity contribution >= 4 is 34.7 Å². The molecule has 0 saturated carbocycles. The van der Waals surface area contributed by atoms with Gasteiger partial charge in [-0.3, -0.25) is 0 Å². The molecule has 0 unspecified atom stereocenters. The SMILES string of the molecule is CCn1c(SCc2noc(-c3cc(Cl)ccc3F)n2)nnc1-c1cccs1. The highest BCUT2D eigenvalue weighted by molar-refractivity contribution is 7.98. The summed E-state index contributed by atoms with van der Waals surface area (Å²) >= 11 is 8.98. The van der Waals surface area contributed by atoms with Gasteiger partial charge in [0, 0.05) is 11.6 Å². The molecule has 4 rings (SSSR count). The Labute approximate surface area is 167 Å². The fraction of sp³-hybridized carbons (Fsp3) is 0.176. The number of hydrogen-bond acceptors (Lipinski definition) is 7. The second-order valence-corrected chi connectivity index (χ2v) is 7.78. The third-order valence-corrected chi connectivity index (χ3v) is 5.80. The second-order valence-electron chi connectivity index (χ2n) is 5.46. The summed E-state index contributed by atoms with van der Waals surface area (Å²) in [6.07, 6.45) is 0. The molecule has 4 aromatic rings. The maximum atomic E-state index is 13.9. The Morgan fingerprint density at radius 3 is 2.96 bits per heavy atom. The van der Waals surface area contributed by atoms with Crippen molar-refractivity contribution < 1.29 is 8.91 Å². The molecule has 0 aliphatic carbocycles. The molecule has 138 valence electrons. The molecule has 0 N–H and O–H groups in total. The molecule has 0 fully saturated rings. The second kappa shape index (κ2) is 7.79. The van der Waals surface area contributed by atoms with E-state index in [-0.39, 0.29) is 11.5 Å². The summed E-state index contributed by atoms with van der Waals surface area (Å²) in [5.74, 6) is 1.34. The van der Waals surface area contributed by atoms with Crippen molar-refractivity contribution in [3.63, 3.8) is 0 Å². The van der Waals surface area contributed by atoms with Crippen molar-refractivity contribution in [2.24, 2.45) is 0 Å². The predicted octanol–water partition coefficient (Wildman–Crippen LogP) is 5.16. The van der Waals surface area contributed by atoms with Crippen molar-refractivity contribution in [2.75, 3.05) is 0 Å². The minimum absolute atomic E-state index is 0.0989. The van der Waals surface area contributed by atoms with Gasteiger partial charge >= 0.3 is 0 Å². The standard InChI is InChI=1S/C17H13ClFN5OS2/c1-2-24-15(13-4-3-7-26-13)21-22-17(24)27-9-14-20-16(25-23-14)11-8-10(18)5-6-12(11)19/h3-8H,2,9H2,1H3. The van der Waals surface area contributed by atoms with Gasteiger partial charge in [-0.15, -0.1) is 21.5 Å². The van der Waals surface area contributed by atoms with E-state index >= 15 is 0 Å². The molecule has 27 heavy (non-hydrogen) atoms. The molecule has 0 aliphatic rings. The first-order valence-corrected chi connectivity index (χ1v) is 10.3. The minimum Gasteiger partial charge on any atom is -0.334 e. The summed E-state index contributed by atoms with van der Waals surface area (Å²) in [5.41, 5.74) is 0.183. The molecule has 3 heterocycles. The van der Waals surface area contributed by atoms with Crippen LogP contribution in [-0.2, 0) is 12.3 Å². The lowest BCUT2D eigenvalue weighted by atomic mass is 10.2. The Morgan fingerprint density at radius 2 is 2.19 bits per heavy atom. The summed E-state index contributed by atoms with van der Waals surface area (Å²) in [6.45, 7) is 2.78. The molecular weight excluding hydrogens is 409 g/mol. The molecule has 3 aromatic heterocycles. The van der Waals surface area contributed by atoms with Crippen molar-refractivity contribution in [1.29, 1.82) is 0 Å². The van der Waals surface area contributed by atoms with Crippen LogP contribution in [0, 0.1) is 5.82 Å². The van der Waals surface area contributed by atoms with Crippen LogP contribution in [-0.4, -0.2) is 24.9 Å². The van der Waals surface area contributed by atoms with E-state index in [2.05, 4.69) is 20.3 Å². The van der Waals surface area contributed by atoms with E-state index in [1.807, 2.05) is 29.0 Å². The van der Waals surface area contributed by atoms with Gasteiger partial charge in [-0.25, -0.2) is 4.39 Å². The van der Waals surface area contributed by atoms with E-state index in [1.165, 1.54) is 30.0 Å². The smallest absolute Gasteiger partial charge is 0.260 e. The van der Waals surface area contributed by atoms with E-state index in [4.69, 9.17) is 16.1 Å². The number of halogens is 2. The lowest BCUT2D eigenvalue weighted by molar-refractivity contribution is 0.422. The molecule has 0 saturated heterocycles. The molecule has 1 aromatic carbocycles. The van der Waals surface area contributed by atoms with Gasteiger partial charge in [0.15, 0.2) is 16.8 Å². The van der Waals surface area contributed by atoms with Gasteiger partial charge in [-0.05, 0) is 36.6 Å². The molecule has 0 amide bonds. The molecular formula is C17H13ClFN5OS2. The van der Waals surface area contributed by atoms with Crippen LogP contribution >= 0.6 is 34.7 Å². The van der Waals surface area contributed by atoms with Gasteiger partial charge in [0.05, 0.1) is 16.2 Å². The topological polar surface area (TPSA) is 69.6 Å². The Bertz CT molecular complexity index is 1060. The fourth-order valence-electron chi connectivity index (χ4n) is 2.48. The number of nitrogens with zero attached hydrogens (tertiary/aromatic N) is 5. The summed E-state index contributed by atoms with van der Waals surface area (Å²) < 4.78 is 21.2. The van der Waals surface area contributed by atoms with Crippen LogP contribution in [0.2, 0.25) is 5.02 Å². The number of benzene rings is 1.